The van der Waals surface area contributed by atoms with Crippen LogP contribution in [0.5, 0.6) is 0 Å². The molecular weight excluding hydrogens is 266 g/mol. The molecule has 1 aliphatic rings. The Bertz CT molecular complexity index is 604. The Kier molecular flexibility index (Phi) is 4.02. The Morgan fingerprint density at radius 3 is 2.70 bits per heavy atom. The van der Waals surface area contributed by atoms with E-state index in [9.17, 15) is 19.2 Å². The number of likely N-dealkylation sites (tertiary alicyclic amines) is 1. The van der Waals surface area contributed by atoms with Gasteiger partial charge in [0.1, 0.15) is 6.04 Å². The molecule has 2 rings (SSSR count). The largest absolute Gasteiger partial charge is 0.480 e. The fourth-order valence-electron chi connectivity index (χ4n) is 2.37. The lowest BCUT2D eigenvalue weighted by atomic mass is 10.0. The number of carboxylic acid groups (broad SMARTS) is 1. The molecule has 0 unspecified atom stereocenters. The first-order chi connectivity index (χ1) is 9.47. The van der Waals surface area contributed by atoms with Crippen molar-refractivity contribution in [3.63, 3.8) is 0 Å². The molecule has 0 bridgehead atoms. The van der Waals surface area contributed by atoms with Crippen LogP contribution in [0, 0.1) is 0 Å². The third-order valence-electron chi connectivity index (χ3n) is 3.27. The minimum Gasteiger partial charge on any atom is -0.480 e. The first kappa shape index (κ1) is 14.0. The van der Waals surface area contributed by atoms with Gasteiger partial charge in [-0.15, -0.1) is 0 Å². The van der Waals surface area contributed by atoms with Crippen molar-refractivity contribution in [2.24, 2.45) is 0 Å². The van der Waals surface area contributed by atoms with E-state index in [1.54, 1.807) is 0 Å². The van der Waals surface area contributed by atoms with Gasteiger partial charge in [-0.25, -0.2) is 9.59 Å². The maximum Gasteiger partial charge on any atom is 0.326 e. The summed E-state index contributed by atoms with van der Waals surface area (Å²) in [5.74, 6) is -1.43. The van der Waals surface area contributed by atoms with Gasteiger partial charge >= 0.3 is 11.7 Å². The molecule has 1 aromatic heterocycles. The normalized spacial score (nSPS) is 18.8. The number of H-pyrrole nitrogens is 2. The Morgan fingerprint density at radius 2 is 2.05 bits per heavy atom. The summed E-state index contributed by atoms with van der Waals surface area (Å²) in [6.45, 7) is 0.378. The van der Waals surface area contributed by atoms with Crippen LogP contribution in [0.25, 0.3) is 0 Å². The zero-order chi connectivity index (χ0) is 14.7. The number of hydrogen-bond donors (Lipinski definition) is 3. The van der Waals surface area contributed by atoms with Gasteiger partial charge in [-0.3, -0.25) is 14.6 Å². The van der Waals surface area contributed by atoms with E-state index in [1.165, 1.54) is 4.90 Å². The summed E-state index contributed by atoms with van der Waals surface area (Å²) in [6, 6.07) is 0.295. The van der Waals surface area contributed by atoms with Crippen LogP contribution < -0.4 is 11.2 Å². The predicted molar refractivity (Wildman–Crippen MR) is 68.4 cm³/mol. The number of aromatic nitrogens is 2. The van der Waals surface area contributed by atoms with Crippen LogP contribution in [-0.2, 0) is 16.0 Å². The fourth-order valence-corrected chi connectivity index (χ4v) is 2.37. The van der Waals surface area contributed by atoms with Crippen molar-refractivity contribution in [3.8, 4) is 0 Å². The summed E-state index contributed by atoms with van der Waals surface area (Å²) in [4.78, 5) is 51.2. The maximum absolute atomic E-state index is 12.1. The molecular formula is C12H15N3O5. The molecule has 1 aliphatic heterocycles. The van der Waals surface area contributed by atoms with Gasteiger partial charge in [-0.2, -0.15) is 0 Å². The number of aliphatic carboxylic acids is 1. The Balaban J connectivity index is 2.15. The second-order valence-electron chi connectivity index (χ2n) is 4.73. The Morgan fingerprint density at radius 1 is 1.30 bits per heavy atom. The SMILES string of the molecule is O=C(O)[C@@H]1CCCCN1C(=O)Cc1cc(=O)[nH]c(=O)[nH]1. The zero-order valence-corrected chi connectivity index (χ0v) is 10.7. The maximum atomic E-state index is 12.1. The van der Waals surface area contributed by atoms with Crippen molar-refractivity contribution in [2.75, 3.05) is 6.54 Å². The highest BCUT2D eigenvalue weighted by molar-refractivity contribution is 5.84. The molecule has 108 valence electrons. The lowest BCUT2D eigenvalue weighted by Crippen LogP contribution is -2.48. The van der Waals surface area contributed by atoms with Gasteiger partial charge < -0.3 is 15.0 Å². The van der Waals surface area contributed by atoms with Crippen LogP contribution in [0.4, 0.5) is 0 Å². The fraction of sp³-hybridized carbons (Fsp3) is 0.500. The molecule has 3 N–H and O–H groups in total. The Labute approximate surface area is 113 Å². The van der Waals surface area contributed by atoms with E-state index in [2.05, 4.69) is 4.98 Å². The minimum absolute atomic E-state index is 0.179. The summed E-state index contributed by atoms with van der Waals surface area (Å²) in [7, 11) is 0. The van der Waals surface area contributed by atoms with Gasteiger partial charge in [0.05, 0.1) is 6.42 Å². The van der Waals surface area contributed by atoms with Crippen molar-refractivity contribution in [1.29, 1.82) is 0 Å². The van der Waals surface area contributed by atoms with Crippen LogP contribution in [0.2, 0.25) is 0 Å². The molecule has 8 heteroatoms. The number of rotatable bonds is 3. The van der Waals surface area contributed by atoms with Crippen LogP contribution in [-0.4, -0.2) is 44.4 Å². The topological polar surface area (TPSA) is 123 Å². The second-order valence-corrected chi connectivity index (χ2v) is 4.73. The van der Waals surface area contributed by atoms with E-state index in [-0.39, 0.29) is 12.1 Å². The van der Waals surface area contributed by atoms with E-state index in [0.29, 0.717) is 13.0 Å². The van der Waals surface area contributed by atoms with Gasteiger partial charge in [-0.05, 0) is 19.3 Å². The molecule has 1 amide bonds. The van der Waals surface area contributed by atoms with E-state index in [1.807, 2.05) is 4.98 Å². The standard InChI is InChI=1S/C12H15N3O5/c16-9-5-7(13-12(20)14-9)6-10(17)15-4-2-1-3-8(15)11(18)19/h5,8H,1-4,6H2,(H,18,19)(H2,13,14,16,20)/t8-/m0/s1. The average molecular weight is 281 g/mol. The molecule has 0 saturated carbocycles. The molecule has 1 aromatic rings. The number of carbonyl (C=O) groups is 2. The molecule has 1 saturated heterocycles. The summed E-state index contributed by atoms with van der Waals surface area (Å²) < 4.78 is 0. The monoisotopic (exact) mass is 281 g/mol. The van der Waals surface area contributed by atoms with Gasteiger partial charge in [0.2, 0.25) is 5.91 Å². The quantitative estimate of drug-likeness (QED) is 0.660. The summed E-state index contributed by atoms with van der Waals surface area (Å²) in [5, 5.41) is 9.11. The lowest BCUT2D eigenvalue weighted by Gasteiger charge is -2.32. The molecule has 0 spiro atoms. The molecule has 1 fully saturated rings. The van der Waals surface area contributed by atoms with Gasteiger partial charge in [0.15, 0.2) is 0 Å². The van der Waals surface area contributed by atoms with Crippen LogP contribution in [0.1, 0.15) is 25.0 Å². The van der Waals surface area contributed by atoms with Crippen LogP contribution >= 0.6 is 0 Å². The number of carboxylic acids is 1. The van der Waals surface area contributed by atoms with E-state index in [4.69, 9.17) is 5.11 Å². The molecule has 8 nitrogen and oxygen atoms in total. The predicted octanol–water partition coefficient (Wildman–Crippen LogP) is -0.929. The summed E-state index contributed by atoms with van der Waals surface area (Å²) >= 11 is 0. The average Bonchev–Trinajstić information content (AvgIpc) is 2.37. The molecule has 0 aromatic carbocycles. The number of aromatic amines is 2. The van der Waals surface area contributed by atoms with Gasteiger partial charge in [0, 0.05) is 18.3 Å². The molecule has 0 radical (unpaired) electrons. The lowest BCUT2D eigenvalue weighted by molar-refractivity contribution is -0.151. The van der Waals surface area contributed by atoms with Crippen LogP contribution in [0.15, 0.2) is 15.7 Å². The van der Waals surface area contributed by atoms with Gasteiger partial charge in [-0.1, -0.05) is 0 Å². The number of amides is 1. The number of hydrogen-bond acceptors (Lipinski definition) is 4. The number of nitrogens with one attached hydrogen (secondary N) is 2. The smallest absolute Gasteiger partial charge is 0.326 e. The molecule has 0 aliphatic carbocycles. The third kappa shape index (κ3) is 3.14. The Hall–Kier alpha value is -2.38. The number of piperidine rings is 1. The minimum atomic E-state index is -1.03. The summed E-state index contributed by atoms with van der Waals surface area (Å²) in [6.07, 6.45) is 1.75. The highest BCUT2D eigenvalue weighted by Crippen LogP contribution is 2.18. The van der Waals surface area contributed by atoms with Crippen LogP contribution in [0.3, 0.4) is 0 Å². The summed E-state index contributed by atoms with van der Waals surface area (Å²) in [5.41, 5.74) is -1.10. The van der Waals surface area contributed by atoms with E-state index < -0.39 is 29.2 Å². The first-order valence-corrected chi connectivity index (χ1v) is 6.32. The highest BCUT2D eigenvalue weighted by atomic mass is 16.4. The number of nitrogens with zero attached hydrogens (tertiary/aromatic N) is 1. The van der Waals surface area contributed by atoms with Crippen molar-refractivity contribution >= 4 is 11.9 Å². The van der Waals surface area contributed by atoms with Crippen molar-refractivity contribution in [1.82, 2.24) is 14.9 Å². The highest BCUT2D eigenvalue weighted by Gasteiger charge is 2.31. The van der Waals surface area contributed by atoms with Crippen molar-refractivity contribution in [2.45, 2.75) is 31.7 Å². The van der Waals surface area contributed by atoms with Crippen molar-refractivity contribution in [3.05, 3.63) is 32.6 Å². The molecule has 20 heavy (non-hydrogen) atoms. The van der Waals surface area contributed by atoms with Crippen molar-refractivity contribution < 1.29 is 14.7 Å². The number of carbonyl (C=O) groups excluding carboxylic acids is 1. The third-order valence-corrected chi connectivity index (χ3v) is 3.27. The second kappa shape index (κ2) is 5.72. The zero-order valence-electron chi connectivity index (χ0n) is 10.7. The van der Waals surface area contributed by atoms with E-state index >= 15 is 0 Å². The molecule has 1 atom stereocenters. The van der Waals surface area contributed by atoms with Gasteiger partial charge in [0.25, 0.3) is 5.56 Å². The first-order valence-electron chi connectivity index (χ1n) is 6.32. The molecule has 2 heterocycles. The van der Waals surface area contributed by atoms with E-state index in [0.717, 1.165) is 18.9 Å².